The molecule has 2 aromatic carbocycles. The molecular formula is C22H28N4S. The summed E-state index contributed by atoms with van der Waals surface area (Å²) in [6, 6.07) is 17.3. The standard InChI is InChI=1S/C22H28N4S/c1-3-25(16-17-11-13-23-14-12-17)19-9-10-20-21(15-19)26(24-22(20)27-2)18-7-5-4-6-8-18/h4-10,15,17,23H,3,11-14,16H2,1-2H3. The van der Waals surface area contributed by atoms with Crippen molar-refractivity contribution in [1.29, 1.82) is 0 Å². The number of nitrogens with one attached hydrogen (secondary N) is 1. The van der Waals surface area contributed by atoms with Crippen LogP contribution in [-0.4, -0.2) is 42.2 Å². The molecule has 0 spiro atoms. The van der Waals surface area contributed by atoms with Crippen LogP contribution >= 0.6 is 11.8 Å². The van der Waals surface area contributed by atoms with Crippen molar-refractivity contribution < 1.29 is 0 Å². The van der Waals surface area contributed by atoms with E-state index in [4.69, 9.17) is 5.10 Å². The summed E-state index contributed by atoms with van der Waals surface area (Å²) >= 11 is 1.71. The maximum absolute atomic E-state index is 4.87. The molecule has 0 amide bonds. The van der Waals surface area contributed by atoms with Crippen LogP contribution in [0, 0.1) is 5.92 Å². The fraction of sp³-hybridized carbons (Fsp3) is 0.409. The summed E-state index contributed by atoms with van der Waals surface area (Å²) in [5.41, 5.74) is 3.60. The third-order valence-corrected chi connectivity index (χ3v) is 6.20. The number of benzene rings is 2. The van der Waals surface area contributed by atoms with E-state index < -0.39 is 0 Å². The van der Waals surface area contributed by atoms with Crippen LogP contribution in [0.3, 0.4) is 0 Å². The number of hydrogen-bond donors (Lipinski definition) is 1. The molecule has 1 saturated heterocycles. The number of hydrogen-bond acceptors (Lipinski definition) is 4. The lowest BCUT2D eigenvalue weighted by atomic mass is 9.97. The minimum atomic E-state index is 0.780. The van der Waals surface area contributed by atoms with Crippen molar-refractivity contribution in [2.75, 3.05) is 37.3 Å². The van der Waals surface area contributed by atoms with Gasteiger partial charge in [-0.05, 0) is 75.4 Å². The molecule has 1 aromatic heterocycles. The Bertz CT molecular complexity index is 884. The third-order valence-electron chi connectivity index (χ3n) is 5.51. The van der Waals surface area contributed by atoms with Crippen molar-refractivity contribution in [3.8, 4) is 5.69 Å². The number of piperidine rings is 1. The fourth-order valence-electron chi connectivity index (χ4n) is 3.98. The van der Waals surface area contributed by atoms with E-state index in [1.165, 1.54) is 29.4 Å². The van der Waals surface area contributed by atoms with Gasteiger partial charge in [0, 0.05) is 24.2 Å². The van der Waals surface area contributed by atoms with Gasteiger partial charge < -0.3 is 10.2 Å². The summed E-state index contributed by atoms with van der Waals surface area (Å²) in [4.78, 5) is 2.52. The average Bonchev–Trinajstić information content (AvgIpc) is 3.11. The molecule has 1 aliphatic rings. The van der Waals surface area contributed by atoms with Gasteiger partial charge in [-0.1, -0.05) is 18.2 Å². The van der Waals surface area contributed by atoms with Gasteiger partial charge in [-0.25, -0.2) is 4.68 Å². The Morgan fingerprint density at radius 3 is 2.63 bits per heavy atom. The van der Waals surface area contributed by atoms with Gasteiger partial charge in [0.2, 0.25) is 0 Å². The molecular weight excluding hydrogens is 352 g/mol. The molecule has 1 N–H and O–H groups in total. The van der Waals surface area contributed by atoms with E-state index in [9.17, 15) is 0 Å². The predicted molar refractivity (Wildman–Crippen MR) is 116 cm³/mol. The maximum Gasteiger partial charge on any atom is 0.126 e. The second kappa shape index (κ2) is 8.36. The zero-order valence-electron chi connectivity index (χ0n) is 16.2. The second-order valence-corrected chi connectivity index (χ2v) is 7.99. The Labute approximate surface area is 165 Å². The number of anilines is 1. The summed E-state index contributed by atoms with van der Waals surface area (Å²) in [5, 5.41) is 10.7. The number of para-hydroxylation sites is 1. The molecule has 4 rings (SSSR count). The van der Waals surface area contributed by atoms with Gasteiger partial charge in [0.1, 0.15) is 5.03 Å². The van der Waals surface area contributed by atoms with Crippen molar-refractivity contribution in [3.05, 3.63) is 48.5 Å². The number of rotatable bonds is 6. The van der Waals surface area contributed by atoms with Crippen molar-refractivity contribution in [1.82, 2.24) is 15.1 Å². The molecule has 0 aliphatic carbocycles. The number of thioether (sulfide) groups is 1. The number of fused-ring (bicyclic) bond motifs is 1. The van der Waals surface area contributed by atoms with Gasteiger partial charge in [0.15, 0.2) is 0 Å². The summed E-state index contributed by atoms with van der Waals surface area (Å²) < 4.78 is 2.09. The Morgan fingerprint density at radius 2 is 1.93 bits per heavy atom. The highest BCUT2D eigenvalue weighted by Crippen LogP contribution is 2.31. The Morgan fingerprint density at radius 1 is 1.15 bits per heavy atom. The molecule has 1 aliphatic heterocycles. The monoisotopic (exact) mass is 380 g/mol. The van der Waals surface area contributed by atoms with E-state index in [0.29, 0.717) is 0 Å². The van der Waals surface area contributed by atoms with Crippen molar-refractivity contribution in [2.45, 2.75) is 24.8 Å². The first-order chi connectivity index (χ1) is 13.3. The van der Waals surface area contributed by atoms with E-state index in [0.717, 1.165) is 42.8 Å². The molecule has 142 valence electrons. The predicted octanol–water partition coefficient (Wildman–Crippen LogP) is 4.57. The highest BCUT2D eigenvalue weighted by atomic mass is 32.2. The maximum atomic E-state index is 4.87. The van der Waals surface area contributed by atoms with Crippen LogP contribution in [0.2, 0.25) is 0 Å². The lowest BCUT2D eigenvalue weighted by Crippen LogP contribution is -2.36. The van der Waals surface area contributed by atoms with Crippen LogP contribution in [0.1, 0.15) is 19.8 Å². The first-order valence-electron chi connectivity index (χ1n) is 9.88. The topological polar surface area (TPSA) is 33.1 Å². The molecule has 0 atom stereocenters. The molecule has 0 saturated carbocycles. The van der Waals surface area contributed by atoms with Crippen LogP contribution in [0.5, 0.6) is 0 Å². The smallest absolute Gasteiger partial charge is 0.126 e. The van der Waals surface area contributed by atoms with Crippen molar-refractivity contribution in [3.63, 3.8) is 0 Å². The van der Waals surface area contributed by atoms with Crippen LogP contribution in [-0.2, 0) is 0 Å². The van der Waals surface area contributed by atoms with Gasteiger partial charge in [-0.3, -0.25) is 0 Å². The van der Waals surface area contributed by atoms with E-state index in [1.807, 2.05) is 6.07 Å². The molecule has 4 nitrogen and oxygen atoms in total. The number of nitrogens with zero attached hydrogens (tertiary/aromatic N) is 3. The Hall–Kier alpha value is -1.98. The first kappa shape index (κ1) is 18.4. The van der Waals surface area contributed by atoms with E-state index in [-0.39, 0.29) is 0 Å². The highest BCUT2D eigenvalue weighted by molar-refractivity contribution is 7.98. The van der Waals surface area contributed by atoms with E-state index in [1.54, 1.807) is 11.8 Å². The molecule has 5 heteroatoms. The van der Waals surface area contributed by atoms with E-state index >= 15 is 0 Å². The Balaban J connectivity index is 1.71. The van der Waals surface area contributed by atoms with Crippen LogP contribution in [0.4, 0.5) is 5.69 Å². The molecule has 0 bridgehead atoms. The number of aromatic nitrogens is 2. The lowest BCUT2D eigenvalue weighted by molar-refractivity contribution is 0.374. The minimum Gasteiger partial charge on any atom is -0.371 e. The summed E-state index contributed by atoms with van der Waals surface area (Å²) in [6.07, 6.45) is 4.65. The SMILES string of the molecule is CCN(CC1CCNCC1)c1ccc2c(SC)nn(-c3ccccc3)c2c1. The zero-order valence-corrected chi connectivity index (χ0v) is 17.0. The van der Waals surface area contributed by atoms with Crippen LogP contribution in [0.15, 0.2) is 53.6 Å². The van der Waals surface area contributed by atoms with Crippen LogP contribution < -0.4 is 10.2 Å². The largest absolute Gasteiger partial charge is 0.371 e. The van der Waals surface area contributed by atoms with Gasteiger partial charge in [-0.15, -0.1) is 11.8 Å². The average molecular weight is 381 g/mol. The molecule has 27 heavy (non-hydrogen) atoms. The normalized spacial score (nSPS) is 15.3. The van der Waals surface area contributed by atoms with Crippen molar-refractivity contribution in [2.24, 2.45) is 5.92 Å². The second-order valence-electron chi connectivity index (χ2n) is 7.19. The summed E-state index contributed by atoms with van der Waals surface area (Å²) in [6.45, 7) is 6.73. The van der Waals surface area contributed by atoms with Gasteiger partial charge in [0.05, 0.1) is 11.2 Å². The first-order valence-corrected chi connectivity index (χ1v) is 11.1. The molecule has 0 radical (unpaired) electrons. The minimum absolute atomic E-state index is 0.780. The molecule has 1 fully saturated rings. The summed E-state index contributed by atoms with van der Waals surface area (Å²) in [5.74, 6) is 0.780. The quantitative estimate of drug-likeness (QED) is 0.635. The third kappa shape index (κ3) is 3.85. The molecule has 2 heterocycles. The Kier molecular flexibility index (Phi) is 5.69. The highest BCUT2D eigenvalue weighted by Gasteiger charge is 2.18. The summed E-state index contributed by atoms with van der Waals surface area (Å²) in [7, 11) is 0. The van der Waals surface area contributed by atoms with Crippen LogP contribution in [0.25, 0.3) is 16.6 Å². The lowest BCUT2D eigenvalue weighted by Gasteiger charge is -2.31. The molecule has 0 unspecified atom stereocenters. The fourth-order valence-corrected chi connectivity index (χ4v) is 4.54. The van der Waals surface area contributed by atoms with E-state index in [2.05, 4.69) is 70.5 Å². The van der Waals surface area contributed by atoms with Gasteiger partial charge in [0.25, 0.3) is 0 Å². The van der Waals surface area contributed by atoms with Gasteiger partial charge >= 0.3 is 0 Å². The molecule has 3 aromatic rings. The van der Waals surface area contributed by atoms with Gasteiger partial charge in [-0.2, -0.15) is 5.10 Å². The van der Waals surface area contributed by atoms with Crippen molar-refractivity contribution >= 4 is 28.4 Å². The zero-order chi connectivity index (χ0) is 18.6.